The second kappa shape index (κ2) is 9.22. The average molecular weight is 387 g/mol. The lowest BCUT2D eigenvalue weighted by Crippen LogP contribution is -2.51. The summed E-state index contributed by atoms with van der Waals surface area (Å²) in [6.45, 7) is 4.12. The van der Waals surface area contributed by atoms with Crippen molar-refractivity contribution in [2.75, 3.05) is 32.7 Å². The summed E-state index contributed by atoms with van der Waals surface area (Å²) >= 11 is 0. The van der Waals surface area contributed by atoms with Gasteiger partial charge in [-0.15, -0.1) is 0 Å². The number of piperidine rings is 1. The summed E-state index contributed by atoms with van der Waals surface area (Å²) in [6, 6.07) is -0.230. The predicted octanol–water partition coefficient (Wildman–Crippen LogP) is -0.00840. The fourth-order valence-corrected chi connectivity index (χ4v) is 3.29. The maximum absolute atomic E-state index is 12.6. The first kappa shape index (κ1) is 21.5. The maximum atomic E-state index is 12.6. The fourth-order valence-electron chi connectivity index (χ4n) is 2.30. The van der Waals surface area contributed by atoms with Gasteiger partial charge in [0.05, 0.1) is 0 Å². The van der Waals surface area contributed by atoms with E-state index in [0.29, 0.717) is 23.4 Å². The van der Waals surface area contributed by atoms with Gasteiger partial charge in [0.1, 0.15) is 6.54 Å². The van der Waals surface area contributed by atoms with Crippen LogP contribution in [0.3, 0.4) is 0 Å². The SMILES string of the molecule is CCNC(=O)CN=C(NCC)NC1CCN(S(=O)(=O)C(F)(F)F)CC1. The van der Waals surface area contributed by atoms with Crippen LogP contribution in [0.5, 0.6) is 0 Å². The molecule has 0 aromatic rings. The molecule has 1 fully saturated rings. The second-order valence-corrected chi connectivity index (χ2v) is 7.35. The highest BCUT2D eigenvalue weighted by Crippen LogP contribution is 2.28. The number of nitrogens with one attached hydrogen (secondary N) is 3. The standard InChI is InChI=1S/C13H24F3N5O3S/c1-3-17-11(22)9-19-12(18-4-2)20-10-5-7-21(8-6-10)25(23,24)13(14,15)16/h10H,3-9H2,1-2H3,(H,17,22)(H2,18,19,20). The third-order valence-electron chi connectivity index (χ3n) is 3.53. The number of carbonyl (C=O) groups is 1. The summed E-state index contributed by atoms with van der Waals surface area (Å²) in [5.74, 6) is 0.122. The van der Waals surface area contributed by atoms with Crippen LogP contribution < -0.4 is 16.0 Å². The van der Waals surface area contributed by atoms with Crippen LogP contribution in [-0.4, -0.2) is 68.9 Å². The van der Waals surface area contributed by atoms with E-state index in [4.69, 9.17) is 0 Å². The minimum atomic E-state index is -5.28. The van der Waals surface area contributed by atoms with Crippen molar-refractivity contribution in [3.63, 3.8) is 0 Å². The first-order valence-corrected chi connectivity index (χ1v) is 9.43. The highest BCUT2D eigenvalue weighted by molar-refractivity contribution is 7.90. The van der Waals surface area contributed by atoms with Crippen LogP contribution in [0.25, 0.3) is 0 Å². The van der Waals surface area contributed by atoms with Gasteiger partial charge < -0.3 is 16.0 Å². The lowest BCUT2D eigenvalue weighted by molar-refractivity contribution is -0.119. The van der Waals surface area contributed by atoms with Crippen molar-refractivity contribution in [3.8, 4) is 0 Å². The molecular weight excluding hydrogens is 363 g/mol. The third-order valence-corrected chi connectivity index (χ3v) is 5.16. The van der Waals surface area contributed by atoms with Crippen molar-refractivity contribution < 1.29 is 26.4 Å². The highest BCUT2D eigenvalue weighted by Gasteiger charge is 2.50. The van der Waals surface area contributed by atoms with Crippen molar-refractivity contribution in [3.05, 3.63) is 0 Å². The van der Waals surface area contributed by atoms with Crippen LogP contribution in [0.4, 0.5) is 13.2 Å². The number of hydrogen-bond donors (Lipinski definition) is 3. The first-order chi connectivity index (χ1) is 11.6. The smallest absolute Gasteiger partial charge is 0.357 e. The van der Waals surface area contributed by atoms with Gasteiger partial charge in [-0.2, -0.15) is 17.5 Å². The van der Waals surface area contributed by atoms with E-state index < -0.39 is 15.5 Å². The molecule has 0 radical (unpaired) electrons. The monoisotopic (exact) mass is 387 g/mol. The number of carbonyl (C=O) groups excluding carboxylic acids is 1. The van der Waals surface area contributed by atoms with Crippen LogP contribution in [-0.2, 0) is 14.8 Å². The summed E-state index contributed by atoms with van der Waals surface area (Å²) in [7, 11) is -5.28. The molecule has 0 atom stereocenters. The van der Waals surface area contributed by atoms with Crippen molar-refractivity contribution >= 4 is 21.9 Å². The Hall–Kier alpha value is -1.56. The Morgan fingerprint density at radius 2 is 1.72 bits per heavy atom. The molecule has 1 amide bonds. The van der Waals surface area contributed by atoms with Gasteiger partial charge >= 0.3 is 15.5 Å². The zero-order valence-corrected chi connectivity index (χ0v) is 15.0. The molecule has 1 aliphatic heterocycles. The van der Waals surface area contributed by atoms with Crippen molar-refractivity contribution in [2.24, 2.45) is 4.99 Å². The van der Waals surface area contributed by atoms with E-state index in [1.165, 1.54) is 0 Å². The number of nitrogens with zero attached hydrogens (tertiary/aromatic N) is 2. The molecule has 0 aromatic heterocycles. The summed E-state index contributed by atoms with van der Waals surface area (Å²) < 4.78 is 60.9. The first-order valence-electron chi connectivity index (χ1n) is 7.99. The number of aliphatic imine (C=N–C) groups is 1. The number of halogens is 3. The Bertz CT molecular complexity index is 572. The van der Waals surface area contributed by atoms with Crippen molar-refractivity contribution in [2.45, 2.75) is 38.2 Å². The number of alkyl halides is 3. The maximum Gasteiger partial charge on any atom is 0.511 e. The van der Waals surface area contributed by atoms with Crippen LogP contribution in [0.15, 0.2) is 4.99 Å². The largest absolute Gasteiger partial charge is 0.511 e. The van der Waals surface area contributed by atoms with Gasteiger partial charge in [-0.05, 0) is 26.7 Å². The molecule has 1 rings (SSSR count). The van der Waals surface area contributed by atoms with Gasteiger partial charge in [-0.3, -0.25) is 4.79 Å². The topological polar surface area (TPSA) is 103 Å². The molecule has 0 aromatic carbocycles. The van der Waals surface area contributed by atoms with Crippen LogP contribution in [0.1, 0.15) is 26.7 Å². The Morgan fingerprint density at radius 1 is 1.16 bits per heavy atom. The number of rotatable bonds is 6. The number of hydrogen-bond acceptors (Lipinski definition) is 4. The number of likely N-dealkylation sites (N-methyl/N-ethyl adjacent to an activating group) is 1. The van der Waals surface area contributed by atoms with Gasteiger partial charge in [0.2, 0.25) is 5.91 Å². The number of sulfonamides is 1. The highest BCUT2D eigenvalue weighted by atomic mass is 32.2. The molecule has 0 bridgehead atoms. The molecule has 8 nitrogen and oxygen atoms in total. The summed E-state index contributed by atoms with van der Waals surface area (Å²) in [4.78, 5) is 15.5. The molecule has 1 saturated heterocycles. The molecule has 146 valence electrons. The van der Waals surface area contributed by atoms with E-state index >= 15 is 0 Å². The third kappa shape index (κ3) is 6.34. The van der Waals surface area contributed by atoms with Gasteiger partial charge in [-0.1, -0.05) is 0 Å². The fraction of sp³-hybridized carbons (Fsp3) is 0.846. The van der Waals surface area contributed by atoms with Crippen molar-refractivity contribution in [1.29, 1.82) is 0 Å². The quantitative estimate of drug-likeness (QED) is 0.440. The molecular formula is C13H24F3N5O3S. The van der Waals surface area contributed by atoms with E-state index in [2.05, 4.69) is 20.9 Å². The van der Waals surface area contributed by atoms with Crippen LogP contribution in [0.2, 0.25) is 0 Å². The lowest BCUT2D eigenvalue weighted by Gasteiger charge is -2.32. The average Bonchev–Trinajstić information content (AvgIpc) is 2.52. The molecule has 0 spiro atoms. The predicted molar refractivity (Wildman–Crippen MR) is 87.4 cm³/mol. The van der Waals surface area contributed by atoms with Gasteiger partial charge in [0, 0.05) is 32.2 Å². The minimum Gasteiger partial charge on any atom is -0.357 e. The van der Waals surface area contributed by atoms with Gasteiger partial charge in [-0.25, -0.2) is 13.4 Å². The van der Waals surface area contributed by atoms with Crippen LogP contribution in [0, 0.1) is 0 Å². The van der Waals surface area contributed by atoms with E-state index in [9.17, 15) is 26.4 Å². The molecule has 1 heterocycles. The molecule has 1 aliphatic rings. The summed E-state index contributed by atoms with van der Waals surface area (Å²) in [5.41, 5.74) is -5.28. The number of guanidine groups is 1. The Morgan fingerprint density at radius 3 is 2.20 bits per heavy atom. The second-order valence-electron chi connectivity index (χ2n) is 5.42. The van der Waals surface area contributed by atoms with Gasteiger partial charge in [0.15, 0.2) is 5.96 Å². The Kier molecular flexibility index (Phi) is 7.93. The van der Waals surface area contributed by atoms with Gasteiger partial charge in [0.25, 0.3) is 0 Å². The van der Waals surface area contributed by atoms with E-state index in [1.54, 1.807) is 6.92 Å². The Labute approximate surface area is 145 Å². The molecule has 3 N–H and O–H groups in total. The molecule has 0 aliphatic carbocycles. The normalized spacial score (nSPS) is 18.0. The summed E-state index contributed by atoms with van der Waals surface area (Å²) in [6.07, 6.45) is 0.418. The molecule has 0 unspecified atom stereocenters. The molecule has 0 saturated carbocycles. The zero-order valence-electron chi connectivity index (χ0n) is 14.2. The van der Waals surface area contributed by atoms with E-state index in [0.717, 1.165) is 0 Å². The minimum absolute atomic E-state index is 0.0789. The van der Waals surface area contributed by atoms with E-state index in [-0.39, 0.29) is 44.4 Å². The van der Waals surface area contributed by atoms with E-state index in [1.807, 2.05) is 6.92 Å². The van der Waals surface area contributed by atoms with Crippen molar-refractivity contribution in [1.82, 2.24) is 20.3 Å². The zero-order chi connectivity index (χ0) is 19.1. The molecule has 25 heavy (non-hydrogen) atoms. The summed E-state index contributed by atoms with van der Waals surface area (Å²) in [5, 5.41) is 8.56. The molecule has 12 heteroatoms. The lowest BCUT2D eigenvalue weighted by atomic mass is 10.1. The number of amides is 1. The van der Waals surface area contributed by atoms with Crippen LogP contribution >= 0.6 is 0 Å². The Balaban J connectivity index is 2.60.